The molecule has 0 radical (unpaired) electrons. The lowest BCUT2D eigenvalue weighted by Gasteiger charge is -2.23. The Labute approximate surface area is 112 Å². The van der Waals surface area contributed by atoms with E-state index in [-0.39, 0.29) is 17.4 Å². The van der Waals surface area contributed by atoms with Gasteiger partial charge in [-0.1, -0.05) is 13.8 Å². The van der Waals surface area contributed by atoms with Gasteiger partial charge >= 0.3 is 5.97 Å². The second kappa shape index (κ2) is 5.01. The highest BCUT2D eigenvalue weighted by Crippen LogP contribution is 2.29. The summed E-state index contributed by atoms with van der Waals surface area (Å²) in [4.78, 5) is 24.8. The molecule has 1 amide bonds. The van der Waals surface area contributed by atoms with E-state index in [0.717, 1.165) is 11.3 Å². The number of carboxylic acid groups (broad SMARTS) is 1. The van der Waals surface area contributed by atoms with E-state index in [0.29, 0.717) is 13.0 Å². The van der Waals surface area contributed by atoms with Gasteiger partial charge in [-0.15, -0.1) is 0 Å². The minimum Gasteiger partial charge on any atom is -0.478 e. The Balaban J connectivity index is 2.28. The van der Waals surface area contributed by atoms with Crippen LogP contribution < -0.4 is 10.6 Å². The maximum Gasteiger partial charge on any atom is 0.335 e. The summed E-state index contributed by atoms with van der Waals surface area (Å²) in [6.07, 6.45) is 0.674. The number of carboxylic acids is 1. The smallest absolute Gasteiger partial charge is 0.335 e. The third-order valence-corrected chi connectivity index (χ3v) is 3.49. The van der Waals surface area contributed by atoms with Crippen LogP contribution in [0.2, 0.25) is 0 Å². The predicted octanol–water partition coefficient (Wildman–Crippen LogP) is 1.26. The highest BCUT2D eigenvalue weighted by Gasteiger charge is 2.30. The number of carbonyl (C=O) groups excluding carboxylic acids is 1. The fraction of sp³-hybridized carbons (Fsp3) is 0.429. The topological polar surface area (TPSA) is 83.6 Å². The van der Waals surface area contributed by atoms with E-state index in [1.807, 2.05) is 13.8 Å². The van der Waals surface area contributed by atoms with Crippen molar-refractivity contribution in [1.82, 2.24) is 0 Å². The second-order valence-corrected chi connectivity index (χ2v) is 5.16. The number of aromatic carboxylic acids is 1. The number of rotatable bonds is 3. The van der Waals surface area contributed by atoms with Crippen LogP contribution in [0, 0.1) is 5.92 Å². The number of fused-ring (bicyclic) bond motifs is 1. The summed E-state index contributed by atoms with van der Waals surface area (Å²) in [5.74, 6) is -0.974. The van der Waals surface area contributed by atoms with Gasteiger partial charge in [0.2, 0.25) is 5.91 Å². The molecule has 0 bridgehead atoms. The fourth-order valence-electron chi connectivity index (χ4n) is 2.23. The molecular weight excluding hydrogens is 244 g/mol. The summed E-state index contributed by atoms with van der Waals surface area (Å²) in [5.41, 5.74) is 7.82. The highest BCUT2D eigenvalue weighted by molar-refractivity contribution is 5.99. The molecule has 0 saturated carbocycles. The van der Waals surface area contributed by atoms with Crippen LogP contribution in [0.5, 0.6) is 0 Å². The van der Waals surface area contributed by atoms with Gasteiger partial charge in [0, 0.05) is 12.2 Å². The lowest BCUT2D eigenvalue weighted by atomic mass is 10.0. The average Bonchev–Trinajstić information content (AvgIpc) is 2.79. The molecule has 1 atom stereocenters. The Kier molecular flexibility index (Phi) is 3.57. The van der Waals surface area contributed by atoms with Crippen LogP contribution in [0.15, 0.2) is 18.2 Å². The fourth-order valence-corrected chi connectivity index (χ4v) is 2.23. The molecule has 1 aromatic carbocycles. The van der Waals surface area contributed by atoms with Gasteiger partial charge in [0.1, 0.15) is 0 Å². The van der Waals surface area contributed by atoms with Gasteiger partial charge in [-0.25, -0.2) is 4.79 Å². The Morgan fingerprint density at radius 3 is 2.63 bits per heavy atom. The van der Waals surface area contributed by atoms with Gasteiger partial charge in [-0.2, -0.15) is 0 Å². The molecule has 102 valence electrons. The molecule has 1 aliphatic heterocycles. The third kappa shape index (κ3) is 2.46. The SMILES string of the molecule is CC(C)[C@H](N)C(=O)N1CCc2cc(C(=O)O)ccc21. The summed E-state index contributed by atoms with van der Waals surface area (Å²) < 4.78 is 0. The van der Waals surface area contributed by atoms with E-state index in [2.05, 4.69) is 0 Å². The molecule has 2 rings (SSSR count). The lowest BCUT2D eigenvalue weighted by Crippen LogP contribution is -2.46. The number of benzene rings is 1. The van der Waals surface area contributed by atoms with E-state index in [9.17, 15) is 9.59 Å². The second-order valence-electron chi connectivity index (χ2n) is 5.16. The van der Waals surface area contributed by atoms with Crippen molar-refractivity contribution in [2.75, 3.05) is 11.4 Å². The Morgan fingerprint density at radius 1 is 1.37 bits per heavy atom. The van der Waals surface area contributed by atoms with Crippen molar-refractivity contribution in [3.63, 3.8) is 0 Å². The van der Waals surface area contributed by atoms with Crippen molar-refractivity contribution in [1.29, 1.82) is 0 Å². The number of anilines is 1. The summed E-state index contributed by atoms with van der Waals surface area (Å²) in [5, 5.41) is 8.95. The molecule has 5 heteroatoms. The molecule has 0 unspecified atom stereocenters. The van der Waals surface area contributed by atoms with Crippen molar-refractivity contribution in [3.8, 4) is 0 Å². The van der Waals surface area contributed by atoms with E-state index in [1.165, 1.54) is 6.07 Å². The number of hydrogen-bond donors (Lipinski definition) is 2. The van der Waals surface area contributed by atoms with Crippen LogP contribution in [0.1, 0.15) is 29.8 Å². The van der Waals surface area contributed by atoms with Crippen LogP contribution in [0.25, 0.3) is 0 Å². The minimum atomic E-state index is -0.952. The highest BCUT2D eigenvalue weighted by atomic mass is 16.4. The number of nitrogens with zero attached hydrogens (tertiary/aromatic N) is 1. The molecule has 1 heterocycles. The summed E-state index contributed by atoms with van der Waals surface area (Å²) in [7, 11) is 0. The Morgan fingerprint density at radius 2 is 2.05 bits per heavy atom. The van der Waals surface area contributed by atoms with Crippen LogP contribution in [0.3, 0.4) is 0 Å². The first-order chi connectivity index (χ1) is 8.91. The zero-order valence-electron chi connectivity index (χ0n) is 11.1. The quantitative estimate of drug-likeness (QED) is 0.859. The number of hydrogen-bond acceptors (Lipinski definition) is 3. The average molecular weight is 262 g/mol. The monoisotopic (exact) mass is 262 g/mol. The van der Waals surface area contributed by atoms with Gasteiger partial charge in [-0.3, -0.25) is 4.79 Å². The molecule has 0 aromatic heterocycles. The molecule has 1 aliphatic rings. The summed E-state index contributed by atoms with van der Waals surface area (Å²) in [6.45, 7) is 4.39. The van der Waals surface area contributed by atoms with E-state index in [1.54, 1.807) is 17.0 Å². The summed E-state index contributed by atoms with van der Waals surface area (Å²) >= 11 is 0. The number of amides is 1. The van der Waals surface area contributed by atoms with E-state index < -0.39 is 12.0 Å². The maximum atomic E-state index is 12.3. The Bertz CT molecular complexity index is 525. The van der Waals surface area contributed by atoms with E-state index in [4.69, 9.17) is 10.8 Å². The van der Waals surface area contributed by atoms with Crippen molar-refractivity contribution in [3.05, 3.63) is 29.3 Å². The molecule has 0 spiro atoms. The van der Waals surface area contributed by atoms with Crippen molar-refractivity contribution < 1.29 is 14.7 Å². The first-order valence-electron chi connectivity index (χ1n) is 6.35. The van der Waals surface area contributed by atoms with Crippen LogP contribution in [0.4, 0.5) is 5.69 Å². The van der Waals surface area contributed by atoms with Gasteiger partial charge in [-0.05, 0) is 36.1 Å². The predicted molar refractivity (Wildman–Crippen MR) is 72.3 cm³/mol. The van der Waals surface area contributed by atoms with Crippen LogP contribution in [-0.4, -0.2) is 29.6 Å². The standard InChI is InChI=1S/C14H18N2O3/c1-8(2)12(15)13(17)16-6-5-9-7-10(14(18)19)3-4-11(9)16/h3-4,7-8,12H,5-6,15H2,1-2H3,(H,18,19)/t12-/m0/s1. The normalized spacial score (nSPS) is 15.5. The van der Waals surface area contributed by atoms with Crippen molar-refractivity contribution in [2.45, 2.75) is 26.3 Å². The molecule has 3 N–H and O–H groups in total. The first-order valence-corrected chi connectivity index (χ1v) is 6.35. The van der Waals surface area contributed by atoms with Crippen LogP contribution >= 0.6 is 0 Å². The minimum absolute atomic E-state index is 0.0786. The maximum absolute atomic E-state index is 12.3. The zero-order valence-corrected chi connectivity index (χ0v) is 11.1. The molecule has 1 aromatic rings. The molecular formula is C14H18N2O3. The largest absolute Gasteiger partial charge is 0.478 e. The van der Waals surface area contributed by atoms with Crippen molar-refractivity contribution >= 4 is 17.6 Å². The van der Waals surface area contributed by atoms with Gasteiger partial charge in [0.05, 0.1) is 11.6 Å². The van der Waals surface area contributed by atoms with Crippen molar-refractivity contribution in [2.24, 2.45) is 11.7 Å². The number of nitrogens with two attached hydrogens (primary N) is 1. The van der Waals surface area contributed by atoms with Gasteiger partial charge < -0.3 is 15.7 Å². The van der Waals surface area contributed by atoms with Gasteiger partial charge in [0.25, 0.3) is 0 Å². The molecule has 0 aliphatic carbocycles. The lowest BCUT2D eigenvalue weighted by molar-refractivity contribution is -0.120. The zero-order chi connectivity index (χ0) is 14.2. The first kappa shape index (κ1) is 13.5. The molecule has 0 fully saturated rings. The summed E-state index contributed by atoms with van der Waals surface area (Å²) in [6, 6.07) is 4.32. The molecule has 5 nitrogen and oxygen atoms in total. The number of carbonyl (C=O) groups is 2. The Hall–Kier alpha value is -1.88. The third-order valence-electron chi connectivity index (χ3n) is 3.49. The molecule has 0 saturated heterocycles. The van der Waals surface area contributed by atoms with E-state index >= 15 is 0 Å². The molecule has 19 heavy (non-hydrogen) atoms. The van der Waals surface area contributed by atoms with Gasteiger partial charge in [0.15, 0.2) is 0 Å². The van der Waals surface area contributed by atoms with Crippen LogP contribution in [-0.2, 0) is 11.2 Å².